The molecule has 3 aromatic rings. The first-order valence-corrected chi connectivity index (χ1v) is 9.80. The van der Waals surface area contributed by atoms with Gasteiger partial charge < -0.3 is 5.32 Å². The number of carbonyl (C=O) groups excluding carboxylic acids is 1. The number of amides is 1. The van der Waals surface area contributed by atoms with Crippen molar-refractivity contribution in [3.05, 3.63) is 58.6 Å². The molecule has 3 rings (SSSR count). The Morgan fingerprint density at radius 2 is 1.85 bits per heavy atom. The number of nitrogens with one attached hydrogen (secondary N) is 1. The number of thiazole rings is 1. The van der Waals surface area contributed by atoms with E-state index in [2.05, 4.69) is 10.3 Å². The smallest absolute Gasteiger partial charge is 0.269 e. The predicted octanol–water partition coefficient (Wildman–Crippen LogP) is 3.01. The minimum absolute atomic E-state index is 0.157. The number of hydrogen-bond acceptors (Lipinski definition) is 7. The summed E-state index contributed by atoms with van der Waals surface area (Å²) in [5.41, 5.74) is 0.481. The van der Waals surface area contributed by atoms with Crippen LogP contribution in [0.15, 0.2) is 53.4 Å². The maximum absolute atomic E-state index is 12.6. The molecule has 1 N–H and O–H groups in total. The SMILES string of the molecule is C[C@@H](C(=O)Nc1nc2ccccc2s1)S(=O)(=O)c1ccc([N+](=O)[O-])cc1. The van der Waals surface area contributed by atoms with Crippen molar-refractivity contribution in [3.63, 3.8) is 0 Å². The molecule has 0 bridgehead atoms. The largest absolute Gasteiger partial charge is 0.301 e. The molecule has 0 aliphatic carbocycles. The summed E-state index contributed by atoms with van der Waals surface area (Å²) < 4.78 is 26.0. The number of nitrogens with zero attached hydrogens (tertiary/aromatic N) is 2. The number of sulfone groups is 1. The number of nitro benzene ring substituents is 1. The fourth-order valence-electron chi connectivity index (χ4n) is 2.24. The van der Waals surface area contributed by atoms with Crippen molar-refractivity contribution in [1.29, 1.82) is 0 Å². The normalized spacial score (nSPS) is 12.7. The monoisotopic (exact) mass is 391 g/mol. The van der Waals surface area contributed by atoms with Crippen LogP contribution in [0.4, 0.5) is 10.8 Å². The number of hydrogen-bond donors (Lipinski definition) is 1. The lowest BCUT2D eigenvalue weighted by Gasteiger charge is -2.12. The number of rotatable bonds is 5. The molecule has 0 fully saturated rings. The van der Waals surface area contributed by atoms with Gasteiger partial charge in [0.25, 0.3) is 5.69 Å². The van der Waals surface area contributed by atoms with Crippen LogP contribution in [0.3, 0.4) is 0 Å². The van der Waals surface area contributed by atoms with Crippen LogP contribution in [0.1, 0.15) is 6.92 Å². The third kappa shape index (κ3) is 3.41. The average Bonchev–Trinajstić information content (AvgIpc) is 3.03. The molecule has 0 saturated carbocycles. The Balaban J connectivity index is 1.80. The highest BCUT2D eigenvalue weighted by Gasteiger charge is 2.30. The molecule has 1 heterocycles. The van der Waals surface area contributed by atoms with Crippen LogP contribution in [-0.4, -0.2) is 29.5 Å². The van der Waals surface area contributed by atoms with Crippen molar-refractivity contribution in [2.75, 3.05) is 5.32 Å². The van der Waals surface area contributed by atoms with Crippen LogP contribution in [0, 0.1) is 10.1 Å². The van der Waals surface area contributed by atoms with E-state index in [1.807, 2.05) is 18.2 Å². The molecule has 0 spiro atoms. The van der Waals surface area contributed by atoms with Gasteiger partial charge in [-0.15, -0.1) is 0 Å². The zero-order valence-electron chi connectivity index (χ0n) is 13.4. The molecule has 2 aromatic carbocycles. The van der Waals surface area contributed by atoms with Crippen molar-refractivity contribution >= 4 is 48.1 Å². The summed E-state index contributed by atoms with van der Waals surface area (Å²) in [5.74, 6) is -0.720. The average molecular weight is 391 g/mol. The van der Waals surface area contributed by atoms with Crippen molar-refractivity contribution in [1.82, 2.24) is 4.98 Å². The summed E-state index contributed by atoms with van der Waals surface area (Å²) in [4.78, 5) is 26.5. The van der Waals surface area contributed by atoms with Gasteiger partial charge >= 0.3 is 0 Å². The van der Waals surface area contributed by atoms with E-state index in [1.165, 1.54) is 18.3 Å². The molecule has 1 aromatic heterocycles. The number of anilines is 1. The van der Waals surface area contributed by atoms with Gasteiger partial charge in [-0.05, 0) is 31.2 Å². The summed E-state index contributed by atoms with van der Waals surface area (Å²) in [5, 5.41) is 12.1. The van der Waals surface area contributed by atoms with E-state index in [9.17, 15) is 23.3 Å². The molecule has 134 valence electrons. The quantitative estimate of drug-likeness (QED) is 0.527. The van der Waals surface area contributed by atoms with Gasteiger partial charge in [0.05, 0.1) is 20.0 Å². The van der Waals surface area contributed by atoms with E-state index < -0.39 is 25.9 Å². The maximum Gasteiger partial charge on any atom is 0.269 e. The molecule has 10 heteroatoms. The summed E-state index contributed by atoms with van der Waals surface area (Å²) in [6.45, 7) is 1.26. The summed E-state index contributed by atoms with van der Waals surface area (Å²) in [6, 6.07) is 11.7. The third-order valence-electron chi connectivity index (χ3n) is 3.73. The molecule has 0 radical (unpaired) electrons. The lowest BCUT2D eigenvalue weighted by atomic mass is 10.3. The van der Waals surface area contributed by atoms with E-state index >= 15 is 0 Å². The second-order valence-corrected chi connectivity index (χ2v) is 8.71. The molecular formula is C16H13N3O5S2. The Hall–Kier alpha value is -2.85. The highest BCUT2D eigenvalue weighted by molar-refractivity contribution is 7.92. The van der Waals surface area contributed by atoms with Crippen LogP contribution in [-0.2, 0) is 14.6 Å². The molecule has 0 aliphatic rings. The Morgan fingerprint density at radius 3 is 2.46 bits per heavy atom. The van der Waals surface area contributed by atoms with E-state index in [0.29, 0.717) is 10.6 Å². The molecule has 26 heavy (non-hydrogen) atoms. The minimum Gasteiger partial charge on any atom is -0.301 e. The molecule has 8 nitrogen and oxygen atoms in total. The Labute approximate surface area is 152 Å². The van der Waals surface area contributed by atoms with E-state index in [4.69, 9.17) is 0 Å². The van der Waals surface area contributed by atoms with E-state index in [1.54, 1.807) is 6.07 Å². The predicted molar refractivity (Wildman–Crippen MR) is 98.0 cm³/mol. The Bertz CT molecular complexity index is 1060. The lowest BCUT2D eigenvalue weighted by Crippen LogP contribution is -2.32. The molecular weight excluding hydrogens is 378 g/mol. The topological polar surface area (TPSA) is 119 Å². The van der Waals surface area contributed by atoms with Crippen LogP contribution in [0.5, 0.6) is 0 Å². The Kier molecular flexibility index (Phi) is 4.70. The van der Waals surface area contributed by atoms with Gasteiger partial charge in [-0.2, -0.15) is 0 Å². The standard InChI is InChI=1S/C16H13N3O5S2/c1-10(26(23,24)12-8-6-11(7-9-12)19(21)22)15(20)18-16-17-13-4-2-3-5-14(13)25-16/h2-10H,1H3,(H,17,18,20)/t10-/m0/s1. The molecule has 0 unspecified atom stereocenters. The molecule has 1 atom stereocenters. The maximum atomic E-state index is 12.6. The Morgan fingerprint density at radius 1 is 1.19 bits per heavy atom. The van der Waals surface area contributed by atoms with E-state index in [0.717, 1.165) is 29.0 Å². The fourth-order valence-corrected chi connectivity index (χ4v) is 4.37. The second-order valence-electron chi connectivity index (χ2n) is 5.41. The second kappa shape index (κ2) is 6.81. The van der Waals surface area contributed by atoms with Gasteiger partial charge in [0.15, 0.2) is 15.0 Å². The zero-order valence-corrected chi connectivity index (χ0v) is 15.1. The van der Waals surface area contributed by atoms with Gasteiger partial charge in [-0.25, -0.2) is 13.4 Å². The first-order chi connectivity index (χ1) is 12.3. The van der Waals surface area contributed by atoms with E-state index in [-0.39, 0.29) is 10.6 Å². The first-order valence-electron chi connectivity index (χ1n) is 7.44. The van der Waals surface area contributed by atoms with Crippen molar-refractivity contribution < 1.29 is 18.1 Å². The zero-order chi connectivity index (χ0) is 18.9. The highest BCUT2D eigenvalue weighted by atomic mass is 32.2. The van der Waals surface area contributed by atoms with Gasteiger partial charge in [0.1, 0.15) is 5.25 Å². The molecule has 1 amide bonds. The van der Waals surface area contributed by atoms with Crippen molar-refractivity contribution in [2.24, 2.45) is 0 Å². The number of para-hydroxylation sites is 1. The van der Waals surface area contributed by atoms with Gasteiger partial charge in [0.2, 0.25) is 5.91 Å². The number of nitro groups is 1. The number of carbonyl (C=O) groups is 1. The van der Waals surface area contributed by atoms with Gasteiger partial charge in [0, 0.05) is 12.1 Å². The van der Waals surface area contributed by atoms with Crippen LogP contribution in [0.25, 0.3) is 10.2 Å². The lowest BCUT2D eigenvalue weighted by molar-refractivity contribution is -0.384. The van der Waals surface area contributed by atoms with Gasteiger partial charge in [-0.3, -0.25) is 14.9 Å². The number of aromatic nitrogens is 1. The fraction of sp³-hybridized carbons (Fsp3) is 0.125. The third-order valence-corrected chi connectivity index (χ3v) is 6.76. The van der Waals surface area contributed by atoms with Gasteiger partial charge in [-0.1, -0.05) is 23.5 Å². The van der Waals surface area contributed by atoms with Crippen LogP contribution < -0.4 is 5.32 Å². The number of non-ortho nitro benzene ring substituents is 1. The van der Waals surface area contributed by atoms with Crippen molar-refractivity contribution in [3.8, 4) is 0 Å². The highest BCUT2D eigenvalue weighted by Crippen LogP contribution is 2.26. The number of fused-ring (bicyclic) bond motifs is 1. The summed E-state index contributed by atoms with van der Waals surface area (Å²) in [7, 11) is -3.99. The summed E-state index contributed by atoms with van der Waals surface area (Å²) in [6.07, 6.45) is 0. The van der Waals surface area contributed by atoms with Crippen LogP contribution in [0.2, 0.25) is 0 Å². The summed E-state index contributed by atoms with van der Waals surface area (Å²) >= 11 is 1.24. The van der Waals surface area contributed by atoms with Crippen LogP contribution >= 0.6 is 11.3 Å². The van der Waals surface area contributed by atoms with Crippen molar-refractivity contribution in [2.45, 2.75) is 17.1 Å². The molecule has 0 aliphatic heterocycles. The minimum atomic E-state index is -3.99. The number of benzene rings is 2. The molecule has 0 saturated heterocycles. The first kappa shape index (κ1) is 18.0.